The highest BCUT2D eigenvalue weighted by Gasteiger charge is 2.06. The minimum absolute atomic E-state index is 0. The van der Waals surface area contributed by atoms with Crippen molar-refractivity contribution in [3.8, 4) is 11.5 Å². The van der Waals surface area contributed by atoms with Crippen molar-refractivity contribution < 1.29 is 19.0 Å². The number of carbonyl (C=O) groups excluding carboxylic acids is 1. The van der Waals surface area contributed by atoms with E-state index in [0.717, 1.165) is 11.3 Å². The normalized spacial score (nSPS) is 9.67. The maximum Gasteiger partial charge on any atom is 0.234 e. The topological polar surface area (TPSA) is 68.8 Å². The highest BCUT2D eigenvalue weighted by atomic mass is 35.5. The summed E-state index contributed by atoms with van der Waals surface area (Å²) in [5.41, 5.74) is 0.901. The van der Waals surface area contributed by atoms with Gasteiger partial charge in [0, 0.05) is 31.8 Å². The van der Waals surface area contributed by atoms with Crippen molar-refractivity contribution in [3.05, 3.63) is 23.8 Å². The van der Waals surface area contributed by atoms with E-state index < -0.39 is 0 Å². The number of nitrogens with one attached hydrogen (secondary N) is 2. The molecule has 1 rings (SSSR count). The molecule has 2 N–H and O–H groups in total. The fourth-order valence-electron chi connectivity index (χ4n) is 1.63. The number of ether oxygens (including phenoxy) is 3. The Morgan fingerprint density at radius 2 is 1.95 bits per heavy atom. The third-order valence-electron chi connectivity index (χ3n) is 2.74. The summed E-state index contributed by atoms with van der Waals surface area (Å²) in [5.74, 6) is 1.34. The zero-order valence-electron chi connectivity index (χ0n) is 12.6. The van der Waals surface area contributed by atoms with Crippen LogP contribution in [0, 0.1) is 0 Å². The second kappa shape index (κ2) is 11.2. The summed E-state index contributed by atoms with van der Waals surface area (Å²) in [7, 11) is 4.81. The first kappa shape index (κ1) is 19.5. The zero-order valence-corrected chi connectivity index (χ0v) is 13.4. The number of hydrogen-bond donors (Lipinski definition) is 2. The molecule has 0 unspecified atom stereocenters. The lowest BCUT2D eigenvalue weighted by Gasteiger charge is -2.11. The van der Waals surface area contributed by atoms with Crippen LogP contribution < -0.4 is 20.1 Å². The lowest BCUT2D eigenvalue weighted by molar-refractivity contribution is -0.120. The van der Waals surface area contributed by atoms with E-state index in [-0.39, 0.29) is 24.9 Å². The Hall–Kier alpha value is -1.50. The largest absolute Gasteiger partial charge is 0.497 e. The van der Waals surface area contributed by atoms with Gasteiger partial charge in [-0.3, -0.25) is 4.79 Å². The molecule has 0 aliphatic rings. The molecule has 0 aliphatic carbocycles. The number of benzene rings is 1. The Morgan fingerprint density at radius 1 is 1.19 bits per heavy atom. The number of halogens is 1. The van der Waals surface area contributed by atoms with E-state index in [1.54, 1.807) is 27.4 Å². The molecule has 0 fully saturated rings. The minimum atomic E-state index is -0.0704. The molecule has 1 aromatic carbocycles. The van der Waals surface area contributed by atoms with Gasteiger partial charge in [0.1, 0.15) is 11.5 Å². The Balaban J connectivity index is 0.00000400. The van der Waals surface area contributed by atoms with Crippen LogP contribution in [0.5, 0.6) is 11.5 Å². The number of methoxy groups -OCH3 is 3. The SMILES string of the molecule is COCCNCC(=O)NCc1ccc(OC)cc1OC.Cl. The van der Waals surface area contributed by atoms with Crippen LogP contribution in [0.3, 0.4) is 0 Å². The highest BCUT2D eigenvalue weighted by molar-refractivity contribution is 5.85. The summed E-state index contributed by atoms with van der Waals surface area (Å²) in [5, 5.41) is 5.81. The second-order valence-electron chi connectivity index (χ2n) is 4.12. The third kappa shape index (κ3) is 7.17. The van der Waals surface area contributed by atoms with Crippen LogP contribution in [0.1, 0.15) is 5.56 Å². The van der Waals surface area contributed by atoms with Gasteiger partial charge in [0.05, 0.1) is 27.4 Å². The second-order valence-corrected chi connectivity index (χ2v) is 4.12. The van der Waals surface area contributed by atoms with Gasteiger partial charge in [-0.05, 0) is 12.1 Å². The molecule has 0 saturated heterocycles. The van der Waals surface area contributed by atoms with E-state index in [2.05, 4.69) is 10.6 Å². The quantitative estimate of drug-likeness (QED) is 0.664. The van der Waals surface area contributed by atoms with Crippen LogP contribution in [0.15, 0.2) is 18.2 Å². The Bertz CT molecular complexity index is 429. The molecular weight excluding hydrogens is 296 g/mol. The first-order chi connectivity index (χ1) is 9.71. The number of amides is 1. The summed E-state index contributed by atoms with van der Waals surface area (Å²) in [4.78, 5) is 11.6. The van der Waals surface area contributed by atoms with Crippen molar-refractivity contribution in [2.75, 3.05) is 41.0 Å². The third-order valence-corrected chi connectivity index (χ3v) is 2.74. The number of carbonyl (C=O) groups is 1. The molecular formula is C14H23ClN2O4. The van der Waals surface area contributed by atoms with Crippen LogP contribution in [0.25, 0.3) is 0 Å². The molecule has 0 bridgehead atoms. The molecule has 7 heteroatoms. The van der Waals surface area contributed by atoms with Gasteiger partial charge in [-0.15, -0.1) is 12.4 Å². The zero-order chi connectivity index (χ0) is 14.8. The maximum atomic E-state index is 11.6. The Labute approximate surface area is 131 Å². The van der Waals surface area contributed by atoms with E-state index >= 15 is 0 Å². The summed E-state index contributed by atoms with van der Waals surface area (Å²) >= 11 is 0. The lowest BCUT2D eigenvalue weighted by Crippen LogP contribution is -2.34. The van der Waals surface area contributed by atoms with Crippen LogP contribution in [-0.4, -0.2) is 46.9 Å². The van der Waals surface area contributed by atoms with Gasteiger partial charge >= 0.3 is 0 Å². The predicted octanol–water partition coefficient (Wildman–Crippen LogP) is 0.978. The summed E-state index contributed by atoms with van der Waals surface area (Å²) in [6.45, 7) is 1.91. The van der Waals surface area contributed by atoms with Crippen LogP contribution in [-0.2, 0) is 16.1 Å². The smallest absolute Gasteiger partial charge is 0.234 e. The molecule has 120 valence electrons. The summed E-state index contributed by atoms with van der Waals surface area (Å²) in [6, 6.07) is 5.50. The number of hydrogen-bond acceptors (Lipinski definition) is 5. The monoisotopic (exact) mass is 318 g/mol. The Morgan fingerprint density at radius 3 is 2.57 bits per heavy atom. The Kier molecular flexibility index (Phi) is 10.4. The van der Waals surface area contributed by atoms with E-state index in [0.29, 0.717) is 25.4 Å². The van der Waals surface area contributed by atoms with Crippen molar-refractivity contribution in [1.29, 1.82) is 0 Å². The maximum absolute atomic E-state index is 11.6. The lowest BCUT2D eigenvalue weighted by atomic mass is 10.2. The molecule has 6 nitrogen and oxygen atoms in total. The van der Waals surface area contributed by atoms with Crippen molar-refractivity contribution in [2.45, 2.75) is 6.54 Å². The van der Waals surface area contributed by atoms with Gasteiger partial charge in [-0.1, -0.05) is 0 Å². The molecule has 1 aromatic rings. The average Bonchev–Trinajstić information content (AvgIpc) is 2.49. The fraction of sp³-hybridized carbons (Fsp3) is 0.500. The fourth-order valence-corrected chi connectivity index (χ4v) is 1.63. The van der Waals surface area contributed by atoms with Gasteiger partial charge in [-0.2, -0.15) is 0 Å². The van der Waals surface area contributed by atoms with Gasteiger partial charge in [0.15, 0.2) is 0 Å². The number of rotatable bonds is 9. The van der Waals surface area contributed by atoms with Crippen molar-refractivity contribution in [2.24, 2.45) is 0 Å². The molecule has 0 saturated carbocycles. The molecule has 0 aliphatic heterocycles. The average molecular weight is 319 g/mol. The van der Waals surface area contributed by atoms with Gasteiger partial charge in [0.25, 0.3) is 0 Å². The van der Waals surface area contributed by atoms with Crippen molar-refractivity contribution in [1.82, 2.24) is 10.6 Å². The standard InChI is InChI=1S/C14H22N2O4.ClH/c1-18-7-6-15-10-14(17)16-9-11-4-5-12(19-2)8-13(11)20-3;/h4-5,8,15H,6-7,9-10H2,1-3H3,(H,16,17);1H. The van der Waals surface area contributed by atoms with E-state index in [4.69, 9.17) is 14.2 Å². The van der Waals surface area contributed by atoms with E-state index in [1.165, 1.54) is 0 Å². The molecule has 0 spiro atoms. The van der Waals surface area contributed by atoms with Crippen LogP contribution in [0.4, 0.5) is 0 Å². The van der Waals surface area contributed by atoms with Gasteiger partial charge < -0.3 is 24.8 Å². The van der Waals surface area contributed by atoms with Gasteiger partial charge in [-0.25, -0.2) is 0 Å². The summed E-state index contributed by atoms with van der Waals surface area (Å²) < 4.78 is 15.3. The molecule has 0 heterocycles. The van der Waals surface area contributed by atoms with E-state index in [9.17, 15) is 4.79 Å². The predicted molar refractivity (Wildman–Crippen MR) is 83.4 cm³/mol. The van der Waals surface area contributed by atoms with Gasteiger partial charge in [0.2, 0.25) is 5.91 Å². The molecule has 1 amide bonds. The van der Waals surface area contributed by atoms with Crippen LogP contribution in [0.2, 0.25) is 0 Å². The first-order valence-corrected chi connectivity index (χ1v) is 6.38. The summed E-state index contributed by atoms with van der Waals surface area (Å²) in [6.07, 6.45) is 0. The molecule has 21 heavy (non-hydrogen) atoms. The molecule has 0 atom stereocenters. The van der Waals surface area contributed by atoms with Crippen molar-refractivity contribution in [3.63, 3.8) is 0 Å². The van der Waals surface area contributed by atoms with E-state index in [1.807, 2.05) is 12.1 Å². The molecule has 0 radical (unpaired) electrons. The minimum Gasteiger partial charge on any atom is -0.497 e. The van der Waals surface area contributed by atoms with Crippen molar-refractivity contribution >= 4 is 18.3 Å². The van der Waals surface area contributed by atoms with Crippen LogP contribution >= 0.6 is 12.4 Å². The first-order valence-electron chi connectivity index (χ1n) is 6.38. The molecule has 0 aromatic heterocycles. The highest BCUT2D eigenvalue weighted by Crippen LogP contribution is 2.24.